The van der Waals surface area contributed by atoms with Crippen molar-refractivity contribution in [3.63, 3.8) is 0 Å². The molecule has 1 aromatic carbocycles. The van der Waals surface area contributed by atoms with E-state index >= 15 is 0 Å². The zero-order chi connectivity index (χ0) is 20.3. The molecule has 0 atom stereocenters. The number of nitrogens with one attached hydrogen (secondary N) is 1. The molecule has 0 aromatic heterocycles. The minimum atomic E-state index is -5.08. The molecule has 0 heterocycles. The summed E-state index contributed by atoms with van der Waals surface area (Å²) in [4.78, 5) is 20.6. The van der Waals surface area contributed by atoms with Crippen molar-refractivity contribution < 1.29 is 37.0 Å². The lowest BCUT2D eigenvalue weighted by Gasteiger charge is -2.10. The number of aliphatic carboxylic acids is 1. The molecular weight excluding hydrogens is 360 g/mol. The summed E-state index contributed by atoms with van der Waals surface area (Å²) in [6.45, 7) is 4.01. The first kappa shape index (κ1) is 23.4. The van der Waals surface area contributed by atoms with Crippen LogP contribution in [0.15, 0.2) is 36.2 Å². The van der Waals surface area contributed by atoms with Crippen LogP contribution >= 0.6 is 0 Å². The maximum absolute atomic E-state index is 12.3. The fourth-order valence-electron chi connectivity index (χ4n) is 1.36. The molecule has 146 valence electrons. The summed E-state index contributed by atoms with van der Waals surface area (Å²) in [5.41, 5.74) is 6.25. The number of halogens is 4. The van der Waals surface area contributed by atoms with Crippen LogP contribution in [0.25, 0.3) is 0 Å². The summed E-state index contributed by atoms with van der Waals surface area (Å²) < 4.78 is 49.4. The summed E-state index contributed by atoms with van der Waals surface area (Å²) in [7, 11) is 0. The van der Waals surface area contributed by atoms with Crippen LogP contribution in [-0.4, -0.2) is 42.4 Å². The molecule has 1 rings (SSSR count). The SMILES string of the molecule is CC(C)NC(=O)c1ccc(OCC(=CF)CN)cc1.O=C(O)C(F)(F)F. The smallest absolute Gasteiger partial charge is 0.489 e. The lowest BCUT2D eigenvalue weighted by atomic mass is 10.2. The number of carboxylic acids is 1. The number of ether oxygens (including phenoxy) is 1. The van der Waals surface area contributed by atoms with Crippen molar-refractivity contribution in [2.75, 3.05) is 13.2 Å². The van der Waals surface area contributed by atoms with Crippen LogP contribution in [0.1, 0.15) is 24.2 Å². The molecule has 0 bridgehead atoms. The third-order valence-corrected chi connectivity index (χ3v) is 2.62. The minimum absolute atomic E-state index is 0.0882. The molecule has 4 N–H and O–H groups in total. The molecule has 0 unspecified atom stereocenters. The number of carbonyl (C=O) groups is 2. The van der Waals surface area contributed by atoms with Crippen LogP contribution in [-0.2, 0) is 4.79 Å². The first-order valence-corrected chi connectivity index (χ1v) is 7.33. The Morgan fingerprint density at radius 1 is 1.27 bits per heavy atom. The fraction of sp³-hybridized carbons (Fsp3) is 0.375. The average molecular weight is 380 g/mol. The van der Waals surface area contributed by atoms with Gasteiger partial charge in [0, 0.05) is 23.7 Å². The Morgan fingerprint density at radius 3 is 2.12 bits per heavy atom. The monoisotopic (exact) mass is 380 g/mol. The zero-order valence-corrected chi connectivity index (χ0v) is 14.1. The number of hydrogen-bond acceptors (Lipinski definition) is 4. The van der Waals surface area contributed by atoms with E-state index in [1.54, 1.807) is 24.3 Å². The van der Waals surface area contributed by atoms with Gasteiger partial charge >= 0.3 is 12.1 Å². The summed E-state index contributed by atoms with van der Waals surface area (Å²) in [5, 5.41) is 9.92. The van der Waals surface area contributed by atoms with E-state index in [1.807, 2.05) is 13.8 Å². The van der Waals surface area contributed by atoms with Gasteiger partial charge in [0.05, 0.1) is 6.33 Å². The van der Waals surface area contributed by atoms with E-state index in [1.165, 1.54) is 0 Å². The van der Waals surface area contributed by atoms with Crippen LogP contribution in [0, 0.1) is 0 Å². The second kappa shape index (κ2) is 11.1. The van der Waals surface area contributed by atoms with E-state index in [9.17, 15) is 22.4 Å². The van der Waals surface area contributed by atoms with Gasteiger partial charge in [-0.3, -0.25) is 4.79 Å². The van der Waals surface area contributed by atoms with Gasteiger partial charge in [0.1, 0.15) is 12.4 Å². The third-order valence-electron chi connectivity index (χ3n) is 2.62. The Balaban J connectivity index is 0.000000758. The fourth-order valence-corrected chi connectivity index (χ4v) is 1.36. The molecule has 0 spiro atoms. The molecule has 6 nitrogen and oxygen atoms in total. The largest absolute Gasteiger partial charge is 0.490 e. The normalized spacial score (nSPS) is 11.5. The summed E-state index contributed by atoms with van der Waals surface area (Å²) in [5.74, 6) is -2.32. The Morgan fingerprint density at radius 2 is 1.77 bits per heavy atom. The Bertz CT molecular complexity index is 614. The van der Waals surface area contributed by atoms with Gasteiger partial charge in [-0.05, 0) is 38.1 Å². The standard InChI is InChI=1S/C14H19FN2O2.C2HF3O2/c1-10(2)17-14(18)12-3-5-13(6-4-12)19-9-11(7-15)8-16;3-2(4,5)1(6)7/h3-7,10H,8-9,16H2,1-2H3,(H,17,18);(H,6,7). The zero-order valence-electron chi connectivity index (χ0n) is 14.1. The summed E-state index contributed by atoms with van der Waals surface area (Å²) in [6, 6.07) is 6.75. The molecule has 1 aromatic rings. The summed E-state index contributed by atoms with van der Waals surface area (Å²) in [6.07, 6.45) is -4.63. The maximum Gasteiger partial charge on any atom is 0.490 e. The minimum Gasteiger partial charge on any atom is -0.489 e. The van der Waals surface area contributed by atoms with Crippen molar-refractivity contribution in [3.8, 4) is 5.75 Å². The van der Waals surface area contributed by atoms with Crippen molar-refractivity contribution in [2.24, 2.45) is 5.73 Å². The molecule has 1 amide bonds. The topological polar surface area (TPSA) is 102 Å². The van der Waals surface area contributed by atoms with Gasteiger partial charge in [-0.25, -0.2) is 9.18 Å². The van der Waals surface area contributed by atoms with E-state index in [-0.39, 0.29) is 25.1 Å². The maximum atomic E-state index is 12.3. The number of amides is 1. The van der Waals surface area contributed by atoms with Crippen molar-refractivity contribution >= 4 is 11.9 Å². The Kier molecular flexibility index (Phi) is 9.97. The number of benzene rings is 1. The average Bonchev–Trinajstić information content (AvgIpc) is 2.55. The highest BCUT2D eigenvalue weighted by molar-refractivity contribution is 5.94. The summed E-state index contributed by atoms with van der Waals surface area (Å²) >= 11 is 0. The van der Waals surface area contributed by atoms with Gasteiger partial charge in [-0.15, -0.1) is 0 Å². The lowest BCUT2D eigenvalue weighted by Crippen LogP contribution is -2.29. The third kappa shape index (κ3) is 9.62. The van der Waals surface area contributed by atoms with Gasteiger partial charge in [-0.2, -0.15) is 13.2 Å². The molecule has 0 saturated heterocycles. The van der Waals surface area contributed by atoms with Crippen LogP contribution < -0.4 is 15.8 Å². The molecule has 26 heavy (non-hydrogen) atoms. The highest BCUT2D eigenvalue weighted by Crippen LogP contribution is 2.14. The van der Waals surface area contributed by atoms with E-state index in [0.29, 0.717) is 23.2 Å². The Hall–Kier alpha value is -2.62. The van der Waals surface area contributed by atoms with Crippen molar-refractivity contribution in [2.45, 2.75) is 26.1 Å². The molecule has 0 aliphatic rings. The van der Waals surface area contributed by atoms with Gasteiger partial charge in [0.25, 0.3) is 5.91 Å². The molecular formula is C16H20F4N2O4. The van der Waals surface area contributed by atoms with Crippen LogP contribution in [0.4, 0.5) is 17.6 Å². The molecule has 0 radical (unpaired) electrons. The highest BCUT2D eigenvalue weighted by atomic mass is 19.4. The van der Waals surface area contributed by atoms with Gasteiger partial charge in [0.15, 0.2) is 0 Å². The molecule has 0 aliphatic heterocycles. The molecule has 0 saturated carbocycles. The van der Waals surface area contributed by atoms with E-state index in [2.05, 4.69) is 5.32 Å². The number of rotatable bonds is 6. The second-order valence-corrected chi connectivity index (χ2v) is 5.22. The second-order valence-electron chi connectivity index (χ2n) is 5.22. The lowest BCUT2D eigenvalue weighted by molar-refractivity contribution is -0.192. The predicted molar refractivity (Wildman–Crippen MR) is 86.5 cm³/mol. The predicted octanol–water partition coefficient (Wildman–Crippen LogP) is 2.65. The number of carbonyl (C=O) groups excluding carboxylic acids is 1. The van der Waals surface area contributed by atoms with Gasteiger partial charge in [0.2, 0.25) is 0 Å². The van der Waals surface area contributed by atoms with Crippen LogP contribution in [0.3, 0.4) is 0 Å². The molecule has 0 aliphatic carbocycles. The first-order chi connectivity index (χ1) is 12.0. The number of hydrogen-bond donors (Lipinski definition) is 3. The van der Waals surface area contributed by atoms with E-state index in [4.69, 9.17) is 20.4 Å². The number of alkyl halides is 3. The highest BCUT2D eigenvalue weighted by Gasteiger charge is 2.38. The van der Waals surface area contributed by atoms with Crippen molar-refractivity contribution in [1.29, 1.82) is 0 Å². The molecule has 0 fully saturated rings. The van der Waals surface area contributed by atoms with Crippen molar-refractivity contribution in [3.05, 3.63) is 41.7 Å². The first-order valence-electron chi connectivity index (χ1n) is 7.33. The van der Waals surface area contributed by atoms with Crippen LogP contribution in [0.2, 0.25) is 0 Å². The number of carboxylic acid groups (broad SMARTS) is 1. The van der Waals surface area contributed by atoms with E-state index in [0.717, 1.165) is 0 Å². The van der Waals surface area contributed by atoms with E-state index < -0.39 is 12.1 Å². The Labute approximate surface area is 147 Å². The van der Waals surface area contributed by atoms with Crippen molar-refractivity contribution in [1.82, 2.24) is 5.32 Å². The van der Waals surface area contributed by atoms with Gasteiger partial charge < -0.3 is 20.9 Å². The van der Waals surface area contributed by atoms with Gasteiger partial charge in [-0.1, -0.05) is 0 Å². The quantitative estimate of drug-likeness (QED) is 0.659. The number of nitrogens with two attached hydrogens (primary N) is 1. The van der Waals surface area contributed by atoms with Crippen LogP contribution in [0.5, 0.6) is 5.75 Å². The molecule has 10 heteroatoms.